The van der Waals surface area contributed by atoms with Crippen LogP contribution in [0.2, 0.25) is 0 Å². The molecule has 0 amide bonds. The Balaban J connectivity index is -0.000000529. The second-order valence-corrected chi connectivity index (χ2v) is 17.6. The molecule has 11 heteroatoms. The van der Waals surface area contributed by atoms with E-state index in [1.165, 1.54) is 61.0 Å². The number of carbonyl (C=O) groups is 1. The molecule has 0 spiro atoms. The van der Waals surface area contributed by atoms with Gasteiger partial charge >= 0.3 is 0 Å². The van der Waals surface area contributed by atoms with Crippen molar-refractivity contribution in [2.45, 2.75) is 94.7 Å². The molecular formula is C36H57FO6S4. The van der Waals surface area contributed by atoms with Gasteiger partial charge in [0.1, 0.15) is 5.75 Å². The van der Waals surface area contributed by atoms with E-state index in [4.69, 9.17) is 5.11 Å². The lowest BCUT2D eigenvalue weighted by Gasteiger charge is -1.98. The zero-order chi connectivity index (χ0) is 37.4. The first-order valence-corrected chi connectivity index (χ1v) is 20.0. The fourth-order valence-electron chi connectivity index (χ4n) is 2.41. The third-order valence-corrected chi connectivity index (χ3v) is 7.11. The van der Waals surface area contributed by atoms with Crippen molar-refractivity contribution in [3.63, 3.8) is 0 Å². The SMILES string of the molecule is CC(C)C.CC(C)C.CC(C)C.CS(=O)(=O)c1ccc(S)cc1.CS(=O)(=O)c1ccc(S)cc1.O=C(CCCF)c1ccc(O)cc1. The molecule has 0 fully saturated rings. The van der Waals surface area contributed by atoms with Gasteiger partial charge in [0.25, 0.3) is 0 Å². The fourth-order valence-corrected chi connectivity index (χ4v) is 3.96. The van der Waals surface area contributed by atoms with Crippen molar-refractivity contribution in [2.24, 2.45) is 17.8 Å². The van der Waals surface area contributed by atoms with E-state index in [1.54, 1.807) is 24.3 Å². The van der Waals surface area contributed by atoms with Gasteiger partial charge in [-0.15, -0.1) is 25.3 Å². The van der Waals surface area contributed by atoms with Crippen LogP contribution in [0.3, 0.4) is 0 Å². The van der Waals surface area contributed by atoms with E-state index in [9.17, 15) is 26.0 Å². The highest BCUT2D eigenvalue weighted by molar-refractivity contribution is 7.91. The van der Waals surface area contributed by atoms with Crippen molar-refractivity contribution in [3.05, 3.63) is 78.4 Å². The van der Waals surface area contributed by atoms with Gasteiger partial charge < -0.3 is 5.11 Å². The lowest BCUT2D eigenvalue weighted by atomic mass is 10.1. The van der Waals surface area contributed by atoms with Crippen molar-refractivity contribution in [2.75, 3.05) is 19.2 Å². The largest absolute Gasteiger partial charge is 0.508 e. The Hall–Kier alpha value is -2.34. The molecule has 3 aromatic carbocycles. The Kier molecular flexibility index (Phi) is 27.8. The maximum atomic E-state index is 11.7. The Morgan fingerprint density at radius 2 is 0.894 bits per heavy atom. The first-order valence-electron chi connectivity index (χ1n) is 15.3. The van der Waals surface area contributed by atoms with Crippen LogP contribution in [0.4, 0.5) is 4.39 Å². The van der Waals surface area contributed by atoms with E-state index in [2.05, 4.69) is 87.6 Å². The zero-order valence-electron chi connectivity index (χ0n) is 29.9. The maximum absolute atomic E-state index is 11.7. The Morgan fingerprint density at radius 3 is 1.13 bits per heavy atom. The summed E-state index contributed by atoms with van der Waals surface area (Å²) in [7, 11) is -6.11. The standard InChI is InChI=1S/C10H11FO2.2C7H8O2S2.3C4H10/c11-7-1-2-10(13)8-3-5-9(12)6-4-8;2*1-11(8,9)7-4-2-6(10)3-5-7;3*1-4(2)3/h3-6,12H,1-2,7H2;2*2-5,10H,1H3;3*4H,1-3H3. The van der Waals surface area contributed by atoms with E-state index in [1.807, 2.05) is 0 Å². The molecule has 3 aromatic rings. The predicted octanol–water partition coefficient (Wildman–Crippen LogP) is 10.1. The molecule has 0 atom stereocenters. The van der Waals surface area contributed by atoms with Gasteiger partial charge in [0, 0.05) is 34.3 Å². The monoisotopic (exact) mass is 732 g/mol. The minimum absolute atomic E-state index is 0.0855. The minimum Gasteiger partial charge on any atom is -0.508 e. The number of aromatic hydroxyl groups is 1. The molecule has 0 saturated carbocycles. The summed E-state index contributed by atoms with van der Waals surface area (Å²) in [5.41, 5.74) is 0.520. The van der Waals surface area contributed by atoms with Crippen LogP contribution in [0.5, 0.6) is 5.75 Å². The van der Waals surface area contributed by atoms with Crippen LogP contribution in [-0.2, 0) is 19.7 Å². The molecule has 6 nitrogen and oxygen atoms in total. The van der Waals surface area contributed by atoms with Crippen LogP contribution in [0.15, 0.2) is 92.4 Å². The average Bonchev–Trinajstić information content (AvgIpc) is 2.91. The molecular weight excluding hydrogens is 676 g/mol. The van der Waals surface area contributed by atoms with Crippen LogP contribution in [0.1, 0.15) is 85.5 Å². The van der Waals surface area contributed by atoms with E-state index in [-0.39, 0.29) is 24.4 Å². The number of ketones is 1. The number of alkyl halides is 1. The van der Waals surface area contributed by atoms with Crippen LogP contribution in [-0.4, -0.2) is 46.9 Å². The molecule has 0 bridgehead atoms. The van der Waals surface area contributed by atoms with Crippen LogP contribution >= 0.6 is 25.3 Å². The highest BCUT2D eigenvalue weighted by atomic mass is 32.2. The highest BCUT2D eigenvalue weighted by Crippen LogP contribution is 2.13. The van der Waals surface area contributed by atoms with Gasteiger partial charge in [-0.05, 0) is 97.0 Å². The van der Waals surface area contributed by atoms with Crippen molar-refractivity contribution in [3.8, 4) is 5.75 Å². The third kappa shape index (κ3) is 33.4. The van der Waals surface area contributed by atoms with Crippen LogP contribution < -0.4 is 0 Å². The molecule has 1 N–H and O–H groups in total. The van der Waals surface area contributed by atoms with Gasteiger partial charge in [0.15, 0.2) is 25.5 Å². The topological polar surface area (TPSA) is 106 Å². The zero-order valence-corrected chi connectivity index (χ0v) is 33.3. The molecule has 0 unspecified atom stereocenters. The summed E-state index contributed by atoms with van der Waals surface area (Å²) < 4.78 is 55.4. The highest BCUT2D eigenvalue weighted by Gasteiger charge is 2.06. The molecule has 0 radical (unpaired) electrons. The van der Waals surface area contributed by atoms with Gasteiger partial charge in [0.2, 0.25) is 0 Å². The number of benzene rings is 3. The Labute approximate surface area is 296 Å². The number of phenolic OH excluding ortho intramolecular Hbond substituents is 1. The quantitative estimate of drug-likeness (QED) is 0.172. The molecule has 0 saturated heterocycles. The summed E-state index contributed by atoms with van der Waals surface area (Å²) in [5.74, 6) is 2.54. The van der Waals surface area contributed by atoms with Crippen molar-refractivity contribution in [1.29, 1.82) is 0 Å². The van der Waals surface area contributed by atoms with E-state index in [0.29, 0.717) is 15.4 Å². The van der Waals surface area contributed by atoms with Gasteiger partial charge in [0.05, 0.1) is 16.5 Å². The number of thiol groups is 2. The molecule has 0 aliphatic rings. The van der Waals surface area contributed by atoms with Crippen molar-refractivity contribution >= 4 is 50.7 Å². The average molecular weight is 733 g/mol. The van der Waals surface area contributed by atoms with Crippen molar-refractivity contribution in [1.82, 2.24) is 0 Å². The number of hydrogen-bond donors (Lipinski definition) is 3. The summed E-state index contributed by atoms with van der Waals surface area (Å²) >= 11 is 8.07. The Morgan fingerprint density at radius 1 is 0.617 bits per heavy atom. The molecule has 0 aliphatic heterocycles. The molecule has 3 rings (SSSR count). The summed E-state index contributed by atoms with van der Waals surface area (Å²) in [6.45, 7) is 19.0. The van der Waals surface area contributed by atoms with Crippen LogP contribution in [0, 0.1) is 17.8 Å². The molecule has 47 heavy (non-hydrogen) atoms. The number of hydrogen-bond acceptors (Lipinski definition) is 8. The summed E-state index contributed by atoms with van der Waals surface area (Å²) in [6, 6.07) is 18.7. The number of rotatable bonds is 6. The van der Waals surface area contributed by atoms with E-state index >= 15 is 0 Å². The Bertz CT molecular complexity index is 1340. The number of Topliss-reactive ketones (excluding diaryl/α,β-unsaturated/α-hetero) is 1. The van der Waals surface area contributed by atoms with E-state index < -0.39 is 26.3 Å². The fraction of sp³-hybridized carbons (Fsp3) is 0.472. The number of phenols is 1. The second kappa shape index (κ2) is 26.6. The molecule has 268 valence electrons. The van der Waals surface area contributed by atoms with Crippen LogP contribution in [0.25, 0.3) is 0 Å². The first kappa shape index (κ1) is 49.1. The maximum Gasteiger partial charge on any atom is 0.175 e. The number of carbonyl (C=O) groups excluding carboxylic acids is 1. The van der Waals surface area contributed by atoms with Gasteiger partial charge in [-0.2, -0.15) is 0 Å². The molecule has 0 heterocycles. The lowest BCUT2D eigenvalue weighted by molar-refractivity contribution is 0.0977. The number of halogens is 1. The second-order valence-electron chi connectivity index (χ2n) is 12.5. The lowest BCUT2D eigenvalue weighted by Crippen LogP contribution is -1.98. The third-order valence-electron chi connectivity index (χ3n) is 4.26. The molecule has 0 aliphatic carbocycles. The summed E-state index contributed by atoms with van der Waals surface area (Å²) in [4.78, 5) is 13.4. The first-order chi connectivity index (χ1) is 21.4. The number of sulfone groups is 2. The van der Waals surface area contributed by atoms with Gasteiger partial charge in [-0.1, -0.05) is 62.3 Å². The predicted molar refractivity (Wildman–Crippen MR) is 203 cm³/mol. The van der Waals surface area contributed by atoms with Crippen molar-refractivity contribution < 1.29 is 31.1 Å². The minimum atomic E-state index is -3.05. The summed E-state index contributed by atoms with van der Waals surface area (Å²) in [5, 5.41) is 8.94. The molecule has 0 aromatic heterocycles. The smallest absolute Gasteiger partial charge is 0.175 e. The van der Waals surface area contributed by atoms with Gasteiger partial charge in [-0.25, -0.2) is 16.8 Å². The normalized spacial score (nSPS) is 10.4. The summed E-state index contributed by atoms with van der Waals surface area (Å²) in [6.07, 6.45) is 2.85. The van der Waals surface area contributed by atoms with E-state index in [0.717, 1.165) is 27.5 Å². The van der Waals surface area contributed by atoms with Gasteiger partial charge in [-0.3, -0.25) is 9.18 Å².